The van der Waals surface area contributed by atoms with E-state index in [0.717, 1.165) is 0 Å². The van der Waals surface area contributed by atoms with E-state index in [9.17, 15) is 0 Å². The zero-order valence-electron chi connectivity index (χ0n) is 11.9. The smallest absolute Gasteiger partial charge is 0.400 e. The molecule has 3 heteroatoms. The fourth-order valence-corrected chi connectivity index (χ4v) is 2.59. The second-order valence-corrected chi connectivity index (χ2v) is 6.51. The number of rotatable bonds is 1. The lowest BCUT2D eigenvalue weighted by atomic mass is 9.77. The third kappa shape index (κ3) is 2.60. The van der Waals surface area contributed by atoms with Gasteiger partial charge in [-0.05, 0) is 52.9 Å². The molecule has 0 radical (unpaired) electrons. The summed E-state index contributed by atoms with van der Waals surface area (Å²) in [4.78, 5) is 0. The Kier molecular flexibility index (Phi) is 3.43. The van der Waals surface area contributed by atoms with Crippen molar-refractivity contribution in [1.82, 2.24) is 0 Å². The second-order valence-electron chi connectivity index (χ2n) is 6.51. The molecule has 1 saturated carbocycles. The first-order chi connectivity index (χ1) is 7.82. The summed E-state index contributed by atoms with van der Waals surface area (Å²) in [5, 5.41) is 0. The van der Waals surface area contributed by atoms with Crippen LogP contribution in [0.25, 0.3) is 0 Å². The van der Waals surface area contributed by atoms with E-state index in [4.69, 9.17) is 9.31 Å². The van der Waals surface area contributed by atoms with Crippen molar-refractivity contribution in [2.75, 3.05) is 0 Å². The second kappa shape index (κ2) is 4.44. The lowest BCUT2D eigenvalue weighted by Gasteiger charge is -2.32. The quantitative estimate of drug-likeness (QED) is 0.645. The van der Waals surface area contributed by atoms with E-state index in [0.29, 0.717) is 5.92 Å². The van der Waals surface area contributed by atoms with Crippen LogP contribution in [0.4, 0.5) is 0 Å². The average molecular weight is 236 g/mol. The van der Waals surface area contributed by atoms with Crippen LogP contribution in [0.1, 0.15) is 60.3 Å². The van der Waals surface area contributed by atoms with Crippen molar-refractivity contribution in [3.8, 4) is 0 Å². The maximum atomic E-state index is 6.02. The third-order valence-electron chi connectivity index (χ3n) is 4.61. The molecule has 0 aromatic heterocycles. The van der Waals surface area contributed by atoms with E-state index in [1.807, 2.05) is 0 Å². The van der Waals surface area contributed by atoms with Gasteiger partial charge in [0.05, 0.1) is 11.2 Å². The van der Waals surface area contributed by atoms with E-state index in [1.165, 1.54) is 31.3 Å². The Bertz CT molecular complexity index is 304. The van der Waals surface area contributed by atoms with Crippen molar-refractivity contribution in [3.63, 3.8) is 0 Å². The van der Waals surface area contributed by atoms with Crippen LogP contribution in [0.5, 0.6) is 0 Å². The highest BCUT2D eigenvalue weighted by Gasteiger charge is 2.50. The highest BCUT2D eigenvalue weighted by molar-refractivity contribution is 6.51. The van der Waals surface area contributed by atoms with Gasteiger partial charge in [-0.15, -0.1) is 0 Å². The first-order valence-corrected chi connectivity index (χ1v) is 6.88. The molecule has 1 aliphatic carbocycles. The molecule has 2 nitrogen and oxygen atoms in total. The van der Waals surface area contributed by atoms with Gasteiger partial charge < -0.3 is 9.31 Å². The maximum Gasteiger partial charge on any atom is 0.487 e. The predicted molar refractivity (Wildman–Crippen MR) is 71.8 cm³/mol. The van der Waals surface area contributed by atoms with Gasteiger partial charge in [0.2, 0.25) is 0 Å². The Morgan fingerprint density at radius 3 is 2.24 bits per heavy atom. The standard InChI is InChI=1S/C14H25BO2/c1-11-8-6-7-9-12(11)10-15-16-13(2,3)14(4,5)17-15/h10-11H,6-9H2,1-5H3/b12-10+. The van der Waals surface area contributed by atoms with Crippen LogP contribution >= 0.6 is 0 Å². The Labute approximate surface area is 106 Å². The Morgan fingerprint density at radius 1 is 1.12 bits per heavy atom. The van der Waals surface area contributed by atoms with Gasteiger partial charge in [0.1, 0.15) is 0 Å². The summed E-state index contributed by atoms with van der Waals surface area (Å²) in [7, 11) is -0.157. The minimum atomic E-state index is -0.216. The Hall–Kier alpha value is -0.275. The number of allylic oxidation sites excluding steroid dienone is 1. The monoisotopic (exact) mass is 236 g/mol. The minimum absolute atomic E-state index is 0.157. The van der Waals surface area contributed by atoms with E-state index in [-0.39, 0.29) is 18.3 Å². The van der Waals surface area contributed by atoms with Crippen LogP contribution in [0, 0.1) is 5.92 Å². The average Bonchev–Trinajstić information content (AvgIpc) is 2.39. The van der Waals surface area contributed by atoms with Gasteiger partial charge in [0.15, 0.2) is 0 Å². The van der Waals surface area contributed by atoms with Crippen molar-refractivity contribution in [1.29, 1.82) is 0 Å². The molecular formula is C14H25BO2. The van der Waals surface area contributed by atoms with Gasteiger partial charge >= 0.3 is 7.12 Å². The normalized spacial score (nSPS) is 34.3. The summed E-state index contributed by atoms with van der Waals surface area (Å²) < 4.78 is 12.0. The fraction of sp³-hybridized carbons (Fsp3) is 0.857. The topological polar surface area (TPSA) is 18.5 Å². The maximum absolute atomic E-state index is 6.02. The van der Waals surface area contributed by atoms with Crippen LogP contribution < -0.4 is 0 Å². The van der Waals surface area contributed by atoms with Gasteiger partial charge in [0.25, 0.3) is 0 Å². The summed E-state index contributed by atoms with van der Waals surface area (Å²) >= 11 is 0. The molecular weight excluding hydrogens is 211 g/mol. The highest BCUT2D eigenvalue weighted by atomic mass is 16.7. The van der Waals surface area contributed by atoms with Crippen molar-refractivity contribution >= 4 is 7.12 Å². The third-order valence-corrected chi connectivity index (χ3v) is 4.61. The van der Waals surface area contributed by atoms with Crippen LogP contribution in [0.15, 0.2) is 11.5 Å². The molecule has 1 atom stereocenters. The van der Waals surface area contributed by atoms with Crippen LogP contribution in [-0.4, -0.2) is 18.3 Å². The lowest BCUT2D eigenvalue weighted by molar-refractivity contribution is 0.00578. The van der Waals surface area contributed by atoms with E-state index in [1.54, 1.807) is 0 Å². The van der Waals surface area contributed by atoms with E-state index >= 15 is 0 Å². The summed E-state index contributed by atoms with van der Waals surface area (Å²) in [6.45, 7) is 10.7. The molecule has 17 heavy (non-hydrogen) atoms. The summed E-state index contributed by atoms with van der Waals surface area (Å²) in [6.07, 6.45) is 5.20. The summed E-state index contributed by atoms with van der Waals surface area (Å²) in [6, 6.07) is 0. The molecule has 0 spiro atoms. The Morgan fingerprint density at radius 2 is 1.71 bits per heavy atom. The minimum Gasteiger partial charge on any atom is -0.400 e. The van der Waals surface area contributed by atoms with Crippen molar-refractivity contribution in [2.24, 2.45) is 5.92 Å². The first-order valence-electron chi connectivity index (χ1n) is 6.88. The van der Waals surface area contributed by atoms with Crippen LogP contribution in [0.2, 0.25) is 0 Å². The Balaban J connectivity index is 2.08. The molecule has 1 saturated heterocycles. The molecule has 2 aliphatic rings. The SMILES string of the molecule is CC1CCCC/C1=C\B1OC(C)(C)C(C)(C)O1. The molecule has 0 aromatic rings. The number of hydrogen-bond donors (Lipinski definition) is 0. The lowest BCUT2D eigenvalue weighted by Crippen LogP contribution is -2.41. The van der Waals surface area contributed by atoms with Gasteiger partial charge in [-0.1, -0.05) is 24.9 Å². The van der Waals surface area contributed by atoms with Crippen molar-refractivity contribution < 1.29 is 9.31 Å². The molecule has 0 aromatic carbocycles. The van der Waals surface area contributed by atoms with Crippen molar-refractivity contribution in [2.45, 2.75) is 71.5 Å². The fourth-order valence-electron chi connectivity index (χ4n) is 2.59. The van der Waals surface area contributed by atoms with E-state index < -0.39 is 0 Å². The zero-order valence-corrected chi connectivity index (χ0v) is 11.9. The predicted octanol–water partition coefficient (Wildman–Crippen LogP) is 3.75. The van der Waals surface area contributed by atoms with Crippen LogP contribution in [0.3, 0.4) is 0 Å². The molecule has 1 aliphatic heterocycles. The molecule has 2 rings (SSSR count). The first kappa shape index (κ1) is 13.2. The van der Waals surface area contributed by atoms with Crippen LogP contribution in [-0.2, 0) is 9.31 Å². The molecule has 2 fully saturated rings. The number of hydrogen-bond acceptors (Lipinski definition) is 2. The molecule has 0 amide bonds. The van der Waals surface area contributed by atoms with E-state index in [2.05, 4.69) is 40.6 Å². The molecule has 0 bridgehead atoms. The molecule has 1 unspecified atom stereocenters. The summed E-state index contributed by atoms with van der Waals surface area (Å²) in [5.74, 6) is 2.92. The highest BCUT2D eigenvalue weighted by Crippen LogP contribution is 2.38. The van der Waals surface area contributed by atoms with Gasteiger partial charge in [-0.2, -0.15) is 0 Å². The molecule has 1 heterocycles. The van der Waals surface area contributed by atoms with Gasteiger partial charge in [-0.3, -0.25) is 0 Å². The zero-order chi connectivity index (χ0) is 12.7. The van der Waals surface area contributed by atoms with Gasteiger partial charge in [-0.25, -0.2) is 0 Å². The summed E-state index contributed by atoms with van der Waals surface area (Å²) in [5.41, 5.74) is 1.09. The largest absolute Gasteiger partial charge is 0.487 e. The van der Waals surface area contributed by atoms with Crippen molar-refractivity contribution in [3.05, 3.63) is 11.5 Å². The van der Waals surface area contributed by atoms with Gasteiger partial charge in [0, 0.05) is 0 Å². The molecule has 96 valence electrons. The molecule has 0 N–H and O–H groups in total.